The van der Waals surface area contributed by atoms with Crippen LogP contribution in [-0.4, -0.2) is 60.6 Å². The van der Waals surface area contributed by atoms with Crippen molar-refractivity contribution in [1.29, 1.82) is 0 Å². The predicted molar refractivity (Wildman–Crippen MR) is 111 cm³/mol. The zero-order valence-corrected chi connectivity index (χ0v) is 17.2. The van der Waals surface area contributed by atoms with Crippen LogP contribution in [0.15, 0.2) is 30.3 Å². The Morgan fingerprint density at radius 1 is 1.18 bits per heavy atom. The molecule has 2 heterocycles. The molecule has 1 aromatic carbocycles. The Bertz CT molecular complexity index is 641. The first kappa shape index (κ1) is 20.5. The van der Waals surface area contributed by atoms with Crippen LogP contribution in [0.5, 0.6) is 0 Å². The zero-order chi connectivity index (χ0) is 19.9. The molecule has 6 heteroatoms. The van der Waals surface area contributed by atoms with Gasteiger partial charge in [0, 0.05) is 38.8 Å². The molecule has 2 fully saturated rings. The van der Waals surface area contributed by atoms with Crippen LogP contribution in [0, 0.1) is 11.8 Å². The largest absolute Gasteiger partial charge is 0.338 e. The summed E-state index contributed by atoms with van der Waals surface area (Å²) in [5.41, 5.74) is 1.32. The third-order valence-corrected chi connectivity index (χ3v) is 6.10. The highest BCUT2D eigenvalue weighted by Gasteiger charge is 2.31. The van der Waals surface area contributed by atoms with Gasteiger partial charge in [-0.3, -0.25) is 0 Å². The van der Waals surface area contributed by atoms with E-state index >= 15 is 0 Å². The molecule has 0 radical (unpaired) electrons. The summed E-state index contributed by atoms with van der Waals surface area (Å²) < 4.78 is 0. The highest BCUT2D eigenvalue weighted by Crippen LogP contribution is 2.20. The number of urea groups is 2. The molecule has 2 saturated heterocycles. The first-order valence-electron chi connectivity index (χ1n) is 10.7. The molecule has 154 valence electrons. The Hall–Kier alpha value is -2.24. The lowest BCUT2D eigenvalue weighted by Gasteiger charge is -2.40. The van der Waals surface area contributed by atoms with Crippen LogP contribution in [0.3, 0.4) is 0 Å². The molecule has 0 unspecified atom stereocenters. The van der Waals surface area contributed by atoms with Gasteiger partial charge in [0.25, 0.3) is 0 Å². The van der Waals surface area contributed by atoms with Gasteiger partial charge in [-0.2, -0.15) is 0 Å². The third kappa shape index (κ3) is 5.40. The lowest BCUT2D eigenvalue weighted by atomic mass is 9.89. The third-order valence-electron chi connectivity index (χ3n) is 6.10. The van der Waals surface area contributed by atoms with Crippen molar-refractivity contribution in [3.8, 4) is 0 Å². The van der Waals surface area contributed by atoms with Gasteiger partial charge < -0.3 is 20.4 Å². The molecule has 2 N–H and O–H groups in total. The minimum Gasteiger partial charge on any atom is -0.338 e. The monoisotopic (exact) mass is 386 g/mol. The topological polar surface area (TPSA) is 64.7 Å². The van der Waals surface area contributed by atoms with E-state index in [-0.39, 0.29) is 18.1 Å². The summed E-state index contributed by atoms with van der Waals surface area (Å²) in [6, 6.07) is 10.8. The first-order chi connectivity index (χ1) is 13.5. The van der Waals surface area contributed by atoms with Gasteiger partial charge in [0.15, 0.2) is 0 Å². The molecule has 4 amide bonds. The summed E-state index contributed by atoms with van der Waals surface area (Å²) in [5.74, 6) is 0.921. The molecule has 0 bridgehead atoms. The summed E-state index contributed by atoms with van der Waals surface area (Å²) in [7, 11) is 0. The maximum Gasteiger partial charge on any atom is 0.317 e. The second-order valence-corrected chi connectivity index (χ2v) is 8.38. The molecular formula is C22H34N4O2. The average molecular weight is 387 g/mol. The summed E-state index contributed by atoms with van der Waals surface area (Å²) in [4.78, 5) is 28.5. The number of carbonyl (C=O) groups excluding carboxylic acids is 2. The minimum atomic E-state index is 0.0280. The number of carbonyl (C=O) groups is 2. The molecule has 0 spiro atoms. The molecule has 0 aromatic heterocycles. The fourth-order valence-electron chi connectivity index (χ4n) is 4.17. The molecule has 2 aliphatic rings. The zero-order valence-electron chi connectivity index (χ0n) is 17.2. The maximum atomic E-state index is 12.6. The Kier molecular flexibility index (Phi) is 7.18. The van der Waals surface area contributed by atoms with Crippen LogP contribution in [-0.2, 0) is 6.42 Å². The molecule has 3 rings (SSSR count). The number of likely N-dealkylation sites (tertiary alicyclic amines) is 1. The molecule has 6 nitrogen and oxygen atoms in total. The van der Waals surface area contributed by atoms with Crippen molar-refractivity contribution < 1.29 is 9.59 Å². The first-order valence-corrected chi connectivity index (χ1v) is 10.7. The minimum absolute atomic E-state index is 0.0280. The Morgan fingerprint density at radius 2 is 1.89 bits per heavy atom. The van der Waals surface area contributed by atoms with Gasteiger partial charge >= 0.3 is 12.1 Å². The van der Waals surface area contributed by atoms with E-state index in [9.17, 15) is 9.59 Å². The van der Waals surface area contributed by atoms with E-state index < -0.39 is 0 Å². The average Bonchev–Trinajstić information content (AvgIpc) is 2.72. The van der Waals surface area contributed by atoms with Crippen molar-refractivity contribution in [2.45, 2.75) is 45.6 Å². The second-order valence-electron chi connectivity index (χ2n) is 8.38. The van der Waals surface area contributed by atoms with Crippen molar-refractivity contribution >= 4 is 12.1 Å². The molecule has 2 aliphatic heterocycles. The van der Waals surface area contributed by atoms with Crippen molar-refractivity contribution in [2.75, 3.05) is 32.7 Å². The standard InChI is InChI=1S/C22H34N4O2/c1-17(2)19(15-18-7-4-3-5-8-18)16-24-21(27)25-13-9-20(10-14-25)26-12-6-11-23-22(26)28/h3-5,7-8,17,19-20H,6,9-16H2,1-2H3,(H,23,28)(H,24,27)/t19-/m0/s1. The Labute approximate surface area is 168 Å². The molecule has 28 heavy (non-hydrogen) atoms. The SMILES string of the molecule is CC(C)[C@H](CNC(=O)N1CCC(N2CCCNC2=O)CC1)Cc1ccccc1. The van der Waals surface area contributed by atoms with E-state index in [0.29, 0.717) is 31.5 Å². The molecule has 1 atom stereocenters. The number of amides is 4. The van der Waals surface area contributed by atoms with E-state index in [4.69, 9.17) is 0 Å². The fourth-order valence-corrected chi connectivity index (χ4v) is 4.17. The molecular weight excluding hydrogens is 352 g/mol. The summed E-state index contributed by atoms with van der Waals surface area (Å²) in [5, 5.41) is 6.07. The highest BCUT2D eigenvalue weighted by atomic mass is 16.2. The van der Waals surface area contributed by atoms with E-state index in [1.807, 2.05) is 15.9 Å². The van der Waals surface area contributed by atoms with E-state index in [0.717, 1.165) is 38.8 Å². The Morgan fingerprint density at radius 3 is 2.54 bits per heavy atom. The Balaban J connectivity index is 1.45. The predicted octanol–water partition coefficient (Wildman–Crippen LogP) is 3.09. The van der Waals surface area contributed by atoms with E-state index in [2.05, 4.69) is 48.7 Å². The lowest BCUT2D eigenvalue weighted by Crippen LogP contribution is -2.55. The highest BCUT2D eigenvalue weighted by molar-refractivity contribution is 5.76. The lowest BCUT2D eigenvalue weighted by molar-refractivity contribution is 0.118. The van der Waals surface area contributed by atoms with Crippen LogP contribution in [0.1, 0.15) is 38.7 Å². The molecule has 1 aromatic rings. The van der Waals surface area contributed by atoms with Gasteiger partial charge in [0.1, 0.15) is 0 Å². The number of hydrogen-bond acceptors (Lipinski definition) is 2. The van der Waals surface area contributed by atoms with Crippen LogP contribution in [0.25, 0.3) is 0 Å². The van der Waals surface area contributed by atoms with Crippen molar-refractivity contribution in [2.24, 2.45) is 11.8 Å². The van der Waals surface area contributed by atoms with Gasteiger partial charge in [0.05, 0.1) is 0 Å². The van der Waals surface area contributed by atoms with E-state index in [1.165, 1.54) is 5.56 Å². The summed E-state index contributed by atoms with van der Waals surface area (Å²) in [6.07, 6.45) is 3.70. The van der Waals surface area contributed by atoms with Crippen LogP contribution < -0.4 is 10.6 Å². The van der Waals surface area contributed by atoms with Gasteiger partial charge in [0.2, 0.25) is 0 Å². The van der Waals surface area contributed by atoms with E-state index in [1.54, 1.807) is 0 Å². The van der Waals surface area contributed by atoms with Gasteiger partial charge in [-0.1, -0.05) is 44.2 Å². The number of rotatable bonds is 6. The smallest absolute Gasteiger partial charge is 0.317 e. The van der Waals surface area contributed by atoms with Crippen molar-refractivity contribution in [3.05, 3.63) is 35.9 Å². The number of hydrogen-bond donors (Lipinski definition) is 2. The molecule has 0 aliphatic carbocycles. The summed E-state index contributed by atoms with van der Waals surface area (Å²) in [6.45, 7) is 8.16. The normalized spacial score (nSPS) is 19.5. The second kappa shape index (κ2) is 9.80. The molecule has 0 saturated carbocycles. The number of nitrogens with one attached hydrogen (secondary N) is 2. The van der Waals surface area contributed by atoms with Crippen LogP contribution in [0.2, 0.25) is 0 Å². The number of piperidine rings is 1. The van der Waals surface area contributed by atoms with Crippen LogP contribution in [0.4, 0.5) is 9.59 Å². The maximum absolute atomic E-state index is 12.6. The fraction of sp³-hybridized carbons (Fsp3) is 0.636. The number of nitrogens with zero attached hydrogens (tertiary/aromatic N) is 2. The summed E-state index contributed by atoms with van der Waals surface area (Å²) >= 11 is 0. The quantitative estimate of drug-likeness (QED) is 0.789. The van der Waals surface area contributed by atoms with Gasteiger partial charge in [-0.15, -0.1) is 0 Å². The van der Waals surface area contributed by atoms with Crippen molar-refractivity contribution in [1.82, 2.24) is 20.4 Å². The number of benzene rings is 1. The van der Waals surface area contributed by atoms with Gasteiger partial charge in [-0.25, -0.2) is 9.59 Å². The van der Waals surface area contributed by atoms with Crippen LogP contribution >= 0.6 is 0 Å². The van der Waals surface area contributed by atoms with Gasteiger partial charge in [-0.05, 0) is 43.1 Å². The van der Waals surface area contributed by atoms with Crippen molar-refractivity contribution in [3.63, 3.8) is 0 Å².